The van der Waals surface area contributed by atoms with Crippen LogP contribution in [0, 0.1) is 18.3 Å². The van der Waals surface area contributed by atoms with E-state index < -0.39 is 23.9 Å². The molecule has 0 aromatic carbocycles. The Kier molecular flexibility index (Phi) is 8.91. The maximum Gasteiger partial charge on any atom is 0.451 e. The Labute approximate surface area is 190 Å². The van der Waals surface area contributed by atoms with Gasteiger partial charge >= 0.3 is 12.1 Å². The molecule has 182 valence electrons. The van der Waals surface area contributed by atoms with Crippen LogP contribution >= 0.6 is 0 Å². The third-order valence-electron chi connectivity index (χ3n) is 5.78. The number of nitrogens with zero attached hydrogens (tertiary/aromatic N) is 3. The van der Waals surface area contributed by atoms with Gasteiger partial charge in [0.2, 0.25) is 11.7 Å². The van der Waals surface area contributed by atoms with Gasteiger partial charge in [-0.2, -0.15) is 13.2 Å². The molecule has 6 N–H and O–H groups in total. The van der Waals surface area contributed by atoms with E-state index in [0.717, 1.165) is 19.1 Å². The van der Waals surface area contributed by atoms with Crippen molar-refractivity contribution in [1.29, 1.82) is 5.41 Å². The van der Waals surface area contributed by atoms with Crippen molar-refractivity contribution in [1.82, 2.24) is 20.2 Å². The minimum Gasteiger partial charge on any atom is -0.383 e. The topological polar surface area (TPSA) is 142 Å². The molecular weight excluding hydrogens is 439 g/mol. The van der Waals surface area contributed by atoms with Gasteiger partial charge in [0.05, 0.1) is 7.05 Å². The predicted molar refractivity (Wildman–Crippen MR) is 116 cm³/mol. The fourth-order valence-corrected chi connectivity index (χ4v) is 3.85. The second-order valence-corrected chi connectivity index (χ2v) is 8.07. The molecule has 2 heterocycles. The Morgan fingerprint density at radius 1 is 1.33 bits per heavy atom. The largest absolute Gasteiger partial charge is 0.451 e. The lowest BCUT2D eigenvalue weighted by Gasteiger charge is -2.33. The van der Waals surface area contributed by atoms with Crippen LogP contribution in [0.3, 0.4) is 0 Å². The molecule has 1 unspecified atom stereocenters. The number of rotatable bonds is 8. The van der Waals surface area contributed by atoms with Gasteiger partial charge in [0, 0.05) is 36.6 Å². The normalized spacial score (nSPS) is 16.4. The molecule has 2 rings (SSSR count). The molecule has 0 spiro atoms. The predicted octanol–water partition coefficient (Wildman–Crippen LogP) is 0.789. The van der Waals surface area contributed by atoms with Crippen LogP contribution in [0.2, 0.25) is 0 Å². The lowest BCUT2D eigenvalue weighted by atomic mass is 9.90. The number of allylic oxidation sites excluding steroid dienone is 1. The molecule has 9 nitrogen and oxygen atoms in total. The molecule has 1 aliphatic rings. The van der Waals surface area contributed by atoms with Crippen LogP contribution < -0.4 is 16.4 Å². The van der Waals surface area contributed by atoms with Gasteiger partial charge in [0.1, 0.15) is 11.9 Å². The molecule has 33 heavy (non-hydrogen) atoms. The molecule has 0 aliphatic carbocycles. The summed E-state index contributed by atoms with van der Waals surface area (Å²) in [4.78, 5) is 33.6. The SMILES string of the molecule is C[NH2+]C(=CC=N)C(=O)NC(C)C(=O)N1CCC(CCc2c(C)nc(C(F)(F)F)nc2N)CC1. The summed E-state index contributed by atoms with van der Waals surface area (Å²) in [6.45, 7) is 4.19. The first-order valence-corrected chi connectivity index (χ1v) is 10.8. The van der Waals surface area contributed by atoms with Gasteiger partial charge in [-0.15, -0.1) is 0 Å². The van der Waals surface area contributed by atoms with Crippen molar-refractivity contribution in [2.45, 2.75) is 51.7 Å². The van der Waals surface area contributed by atoms with E-state index in [0.29, 0.717) is 37.2 Å². The number of likely N-dealkylation sites (tertiary alicyclic amines) is 1. The highest BCUT2D eigenvalue weighted by Crippen LogP contribution is 2.30. The van der Waals surface area contributed by atoms with Crippen LogP contribution in [0.5, 0.6) is 0 Å². The molecule has 0 radical (unpaired) electrons. The number of piperidine rings is 1. The molecular formula is C21H31F3N7O2+. The number of halogens is 3. The summed E-state index contributed by atoms with van der Waals surface area (Å²) >= 11 is 0. The van der Waals surface area contributed by atoms with Gasteiger partial charge in [-0.25, -0.2) is 9.97 Å². The third kappa shape index (κ3) is 6.98. The van der Waals surface area contributed by atoms with Crippen molar-refractivity contribution in [2.75, 3.05) is 25.9 Å². The summed E-state index contributed by atoms with van der Waals surface area (Å²) in [7, 11) is 1.68. The number of anilines is 1. The first-order chi connectivity index (χ1) is 15.5. The minimum absolute atomic E-state index is 0.146. The number of likely N-dealkylation sites (N-methyl/N-ethyl adjacent to an activating group) is 1. The van der Waals surface area contributed by atoms with Gasteiger partial charge < -0.3 is 26.7 Å². The lowest BCUT2D eigenvalue weighted by molar-refractivity contribution is -0.570. The first kappa shape index (κ1) is 26.2. The van der Waals surface area contributed by atoms with Crippen molar-refractivity contribution in [2.24, 2.45) is 5.92 Å². The van der Waals surface area contributed by atoms with Gasteiger partial charge in [-0.05, 0) is 45.4 Å². The van der Waals surface area contributed by atoms with E-state index in [-0.39, 0.29) is 23.3 Å². The number of amides is 2. The zero-order valence-electron chi connectivity index (χ0n) is 19.0. The van der Waals surface area contributed by atoms with Crippen molar-refractivity contribution in [3.63, 3.8) is 0 Å². The van der Waals surface area contributed by atoms with Crippen molar-refractivity contribution >= 4 is 23.8 Å². The van der Waals surface area contributed by atoms with E-state index in [4.69, 9.17) is 11.1 Å². The molecule has 1 atom stereocenters. The van der Waals surface area contributed by atoms with Crippen LogP contribution in [0.15, 0.2) is 11.8 Å². The molecule has 1 saturated heterocycles. The number of nitrogens with two attached hydrogens (primary N) is 2. The average Bonchev–Trinajstić information content (AvgIpc) is 2.75. The highest BCUT2D eigenvalue weighted by atomic mass is 19.4. The number of nitrogen functional groups attached to an aromatic ring is 1. The summed E-state index contributed by atoms with van der Waals surface area (Å²) in [6.07, 6.45) is 0.393. The molecule has 2 amide bonds. The maximum atomic E-state index is 12.8. The Morgan fingerprint density at radius 2 is 1.97 bits per heavy atom. The summed E-state index contributed by atoms with van der Waals surface area (Å²) in [5, 5.41) is 11.3. The fourth-order valence-electron chi connectivity index (χ4n) is 3.85. The minimum atomic E-state index is -4.64. The first-order valence-electron chi connectivity index (χ1n) is 10.8. The number of hydrogen-bond acceptors (Lipinski definition) is 6. The van der Waals surface area contributed by atoms with Crippen molar-refractivity contribution in [3.05, 3.63) is 28.9 Å². The average molecular weight is 471 g/mol. The van der Waals surface area contributed by atoms with E-state index in [2.05, 4.69) is 15.3 Å². The van der Waals surface area contributed by atoms with Crippen molar-refractivity contribution < 1.29 is 28.1 Å². The number of aromatic nitrogens is 2. The lowest BCUT2D eigenvalue weighted by Crippen LogP contribution is -2.80. The molecule has 1 aromatic heterocycles. The smallest absolute Gasteiger partial charge is 0.383 e. The van der Waals surface area contributed by atoms with Crippen LogP contribution in [-0.2, 0) is 22.2 Å². The van der Waals surface area contributed by atoms with E-state index in [1.807, 2.05) is 0 Å². The zero-order chi connectivity index (χ0) is 24.8. The maximum absolute atomic E-state index is 12.8. The zero-order valence-corrected chi connectivity index (χ0v) is 19.0. The molecule has 0 saturated carbocycles. The van der Waals surface area contributed by atoms with Crippen LogP contribution in [0.1, 0.15) is 43.3 Å². The summed E-state index contributed by atoms with van der Waals surface area (Å²) in [5.41, 5.74) is 6.83. The van der Waals surface area contributed by atoms with E-state index >= 15 is 0 Å². The number of hydrogen-bond donors (Lipinski definition) is 4. The second-order valence-electron chi connectivity index (χ2n) is 8.07. The molecule has 12 heteroatoms. The Bertz CT molecular complexity index is 887. The molecule has 1 aliphatic heterocycles. The number of quaternary nitrogens is 1. The number of carbonyl (C=O) groups excluding carboxylic acids is 2. The molecule has 1 fully saturated rings. The monoisotopic (exact) mass is 470 g/mol. The van der Waals surface area contributed by atoms with Crippen LogP contribution in [0.25, 0.3) is 0 Å². The fraction of sp³-hybridized carbons (Fsp3) is 0.571. The van der Waals surface area contributed by atoms with Crippen molar-refractivity contribution in [3.8, 4) is 0 Å². The van der Waals surface area contributed by atoms with Gasteiger partial charge in [-0.3, -0.25) is 9.59 Å². The van der Waals surface area contributed by atoms with Gasteiger partial charge in [0.25, 0.3) is 0 Å². The van der Waals surface area contributed by atoms with Gasteiger partial charge in [-0.1, -0.05) is 0 Å². The Hall–Kier alpha value is -3.02. The quantitative estimate of drug-likeness (QED) is 0.328. The summed E-state index contributed by atoms with van der Waals surface area (Å²) < 4.78 is 38.5. The summed E-state index contributed by atoms with van der Waals surface area (Å²) in [5.74, 6) is -1.68. The number of aryl methyl sites for hydroxylation is 1. The van der Waals surface area contributed by atoms with Gasteiger partial charge in [0.15, 0.2) is 5.70 Å². The highest BCUT2D eigenvalue weighted by Gasteiger charge is 2.36. The summed E-state index contributed by atoms with van der Waals surface area (Å²) in [6, 6.07) is -0.699. The van der Waals surface area contributed by atoms with E-state index in [1.165, 1.54) is 13.0 Å². The Morgan fingerprint density at radius 3 is 2.48 bits per heavy atom. The van der Waals surface area contributed by atoms with E-state index in [1.54, 1.807) is 24.2 Å². The second kappa shape index (κ2) is 11.2. The highest BCUT2D eigenvalue weighted by molar-refractivity contribution is 5.97. The molecule has 0 bridgehead atoms. The van der Waals surface area contributed by atoms with Crippen LogP contribution in [-0.4, -0.2) is 59.1 Å². The number of nitrogens with one attached hydrogen (secondary N) is 2. The number of carbonyl (C=O) groups is 2. The standard InChI is InChI=1S/C21H30F3N7O2/c1-12-15(17(26)30-20(29-12)21(22,23)24)5-4-14-7-10-31(11-8-14)19(33)13(2)28-18(32)16(27-3)6-9-25/h6,9,13-14,25,27H,4-5,7-8,10-11H2,1-3H3,(H,28,32)(H2,26,29,30)/p+1. The third-order valence-corrected chi connectivity index (χ3v) is 5.78. The van der Waals surface area contributed by atoms with E-state index in [9.17, 15) is 22.8 Å². The number of alkyl halides is 3. The Balaban J connectivity index is 1.87. The molecule has 1 aromatic rings. The van der Waals surface area contributed by atoms with Crippen LogP contribution in [0.4, 0.5) is 19.0 Å².